The summed E-state index contributed by atoms with van der Waals surface area (Å²) < 4.78 is 0. The maximum atomic E-state index is 12.0. The van der Waals surface area contributed by atoms with Gasteiger partial charge in [-0.15, -0.1) is 0 Å². The normalized spacial score (nSPS) is 19.5. The van der Waals surface area contributed by atoms with Crippen LogP contribution in [0.5, 0.6) is 0 Å². The summed E-state index contributed by atoms with van der Waals surface area (Å²) in [6.45, 7) is 6.24. The standard InChI is InChI=1S/C20H25N5O/c1-14-17-8-5-11-24(13-16-7-3-4-10-21-16)20(17)23-19(22-14)18-9-6-12-25(18)15(2)26/h3-4,7,10,18H,5-6,8-9,11-13H2,1-2H3. The number of amides is 1. The summed E-state index contributed by atoms with van der Waals surface area (Å²) in [6.07, 6.45) is 5.91. The highest BCUT2D eigenvalue weighted by Gasteiger charge is 2.32. The summed E-state index contributed by atoms with van der Waals surface area (Å²) >= 11 is 0. The van der Waals surface area contributed by atoms with Crippen molar-refractivity contribution in [1.82, 2.24) is 19.9 Å². The number of aryl methyl sites for hydroxylation is 1. The van der Waals surface area contributed by atoms with Crippen molar-refractivity contribution in [2.75, 3.05) is 18.0 Å². The highest BCUT2D eigenvalue weighted by Crippen LogP contribution is 2.34. The van der Waals surface area contributed by atoms with E-state index < -0.39 is 0 Å². The number of anilines is 1. The minimum atomic E-state index is 0.00938. The maximum absolute atomic E-state index is 12.0. The van der Waals surface area contributed by atoms with Crippen molar-refractivity contribution >= 4 is 11.7 Å². The van der Waals surface area contributed by atoms with Gasteiger partial charge in [-0.1, -0.05) is 6.07 Å². The van der Waals surface area contributed by atoms with Crippen LogP contribution in [0.1, 0.15) is 55.0 Å². The molecule has 0 radical (unpaired) electrons. The molecule has 0 saturated carbocycles. The van der Waals surface area contributed by atoms with E-state index in [0.29, 0.717) is 0 Å². The first-order valence-electron chi connectivity index (χ1n) is 9.43. The molecule has 0 N–H and O–H groups in total. The molecule has 0 aliphatic carbocycles. The lowest BCUT2D eigenvalue weighted by Gasteiger charge is -2.32. The second-order valence-corrected chi connectivity index (χ2v) is 7.19. The number of carbonyl (C=O) groups is 1. The maximum Gasteiger partial charge on any atom is 0.220 e. The van der Waals surface area contributed by atoms with Gasteiger partial charge < -0.3 is 9.80 Å². The topological polar surface area (TPSA) is 62.2 Å². The average molecular weight is 351 g/mol. The molecule has 2 aliphatic rings. The Hall–Kier alpha value is -2.50. The first kappa shape index (κ1) is 16.9. The van der Waals surface area contributed by atoms with E-state index in [4.69, 9.17) is 9.97 Å². The van der Waals surface area contributed by atoms with Gasteiger partial charge in [0.25, 0.3) is 0 Å². The van der Waals surface area contributed by atoms with Gasteiger partial charge in [-0.25, -0.2) is 9.97 Å². The molecule has 2 aliphatic heterocycles. The lowest BCUT2D eigenvalue weighted by atomic mass is 10.0. The Kier molecular flexibility index (Phi) is 4.57. The number of likely N-dealkylation sites (tertiary alicyclic amines) is 1. The van der Waals surface area contributed by atoms with E-state index >= 15 is 0 Å². The second kappa shape index (κ2) is 7.02. The van der Waals surface area contributed by atoms with E-state index in [1.807, 2.05) is 23.2 Å². The molecule has 0 bridgehead atoms. The average Bonchev–Trinajstić information content (AvgIpc) is 3.13. The van der Waals surface area contributed by atoms with Crippen molar-refractivity contribution in [3.05, 3.63) is 47.2 Å². The molecule has 4 heterocycles. The van der Waals surface area contributed by atoms with Crippen molar-refractivity contribution < 1.29 is 4.79 Å². The molecule has 2 aromatic heterocycles. The first-order chi connectivity index (χ1) is 12.6. The smallest absolute Gasteiger partial charge is 0.220 e. The fourth-order valence-electron chi connectivity index (χ4n) is 4.11. The SMILES string of the molecule is CC(=O)N1CCCC1c1nc(C)c2c(n1)N(Cc1ccccn1)CCC2. The number of hydrogen-bond acceptors (Lipinski definition) is 5. The third-order valence-corrected chi connectivity index (χ3v) is 5.40. The fourth-order valence-corrected chi connectivity index (χ4v) is 4.11. The number of carbonyl (C=O) groups excluding carboxylic acids is 1. The molecule has 0 spiro atoms. The lowest BCUT2D eigenvalue weighted by Crippen LogP contribution is -2.33. The lowest BCUT2D eigenvalue weighted by molar-refractivity contribution is -0.129. The molecule has 1 atom stereocenters. The summed E-state index contributed by atoms with van der Waals surface area (Å²) in [6, 6.07) is 6.02. The number of aromatic nitrogens is 3. The van der Waals surface area contributed by atoms with Crippen LogP contribution in [0.15, 0.2) is 24.4 Å². The zero-order valence-electron chi connectivity index (χ0n) is 15.5. The van der Waals surface area contributed by atoms with Crippen molar-refractivity contribution in [3.63, 3.8) is 0 Å². The predicted molar refractivity (Wildman–Crippen MR) is 99.7 cm³/mol. The monoisotopic (exact) mass is 351 g/mol. The van der Waals surface area contributed by atoms with Crippen molar-refractivity contribution in [2.45, 2.75) is 52.1 Å². The number of fused-ring (bicyclic) bond motifs is 1. The van der Waals surface area contributed by atoms with Crippen LogP contribution in [0, 0.1) is 6.92 Å². The number of hydrogen-bond donors (Lipinski definition) is 0. The molecule has 136 valence electrons. The molecule has 26 heavy (non-hydrogen) atoms. The van der Waals surface area contributed by atoms with Crippen LogP contribution in [0.25, 0.3) is 0 Å². The Balaban J connectivity index is 1.69. The third-order valence-electron chi connectivity index (χ3n) is 5.40. The van der Waals surface area contributed by atoms with Crippen molar-refractivity contribution in [1.29, 1.82) is 0 Å². The molecule has 1 amide bonds. The highest BCUT2D eigenvalue weighted by atomic mass is 16.2. The molecular weight excluding hydrogens is 326 g/mol. The number of nitrogens with zero attached hydrogens (tertiary/aromatic N) is 5. The van der Waals surface area contributed by atoms with Gasteiger partial charge in [-0.2, -0.15) is 0 Å². The minimum absolute atomic E-state index is 0.00938. The van der Waals surface area contributed by atoms with Crippen molar-refractivity contribution in [3.8, 4) is 0 Å². The van der Waals surface area contributed by atoms with Crippen LogP contribution < -0.4 is 4.90 Å². The largest absolute Gasteiger partial charge is 0.350 e. The van der Waals surface area contributed by atoms with Gasteiger partial charge in [-0.05, 0) is 44.7 Å². The summed E-state index contributed by atoms with van der Waals surface area (Å²) in [5.74, 6) is 1.93. The van der Waals surface area contributed by atoms with E-state index in [0.717, 1.165) is 68.3 Å². The van der Waals surface area contributed by atoms with Crippen LogP contribution >= 0.6 is 0 Å². The summed E-state index contributed by atoms with van der Waals surface area (Å²) in [4.78, 5) is 30.4. The fraction of sp³-hybridized carbons (Fsp3) is 0.500. The molecule has 1 saturated heterocycles. The summed E-state index contributed by atoms with van der Waals surface area (Å²) in [5.41, 5.74) is 3.33. The predicted octanol–water partition coefficient (Wildman–Crippen LogP) is 2.82. The van der Waals surface area contributed by atoms with Gasteiger partial charge in [0.2, 0.25) is 5.91 Å². The summed E-state index contributed by atoms with van der Waals surface area (Å²) in [7, 11) is 0. The zero-order chi connectivity index (χ0) is 18.1. The zero-order valence-corrected chi connectivity index (χ0v) is 15.5. The summed E-state index contributed by atoms with van der Waals surface area (Å²) in [5, 5.41) is 0. The molecule has 1 unspecified atom stereocenters. The molecule has 6 heteroatoms. The molecular formula is C20H25N5O. The first-order valence-corrected chi connectivity index (χ1v) is 9.43. The van der Waals surface area contributed by atoms with Crippen LogP contribution in [0.4, 0.5) is 5.82 Å². The third kappa shape index (κ3) is 3.16. The van der Waals surface area contributed by atoms with E-state index in [9.17, 15) is 4.79 Å². The molecule has 6 nitrogen and oxygen atoms in total. The Labute approximate surface area is 154 Å². The molecule has 4 rings (SSSR count). The minimum Gasteiger partial charge on any atom is -0.350 e. The van der Waals surface area contributed by atoms with E-state index in [1.54, 1.807) is 6.92 Å². The Bertz CT molecular complexity index is 807. The van der Waals surface area contributed by atoms with Crippen LogP contribution in [0.2, 0.25) is 0 Å². The number of rotatable bonds is 3. The quantitative estimate of drug-likeness (QED) is 0.851. The van der Waals surface area contributed by atoms with Gasteiger partial charge >= 0.3 is 0 Å². The Morgan fingerprint density at radius 2 is 2.12 bits per heavy atom. The Morgan fingerprint density at radius 1 is 1.23 bits per heavy atom. The van der Waals surface area contributed by atoms with Gasteiger partial charge in [0.1, 0.15) is 5.82 Å². The van der Waals surface area contributed by atoms with Crippen LogP contribution in [-0.2, 0) is 17.8 Å². The Morgan fingerprint density at radius 3 is 2.88 bits per heavy atom. The van der Waals surface area contributed by atoms with E-state index in [1.165, 1.54) is 5.56 Å². The van der Waals surface area contributed by atoms with E-state index in [-0.39, 0.29) is 11.9 Å². The van der Waals surface area contributed by atoms with Crippen LogP contribution in [-0.4, -0.2) is 38.8 Å². The molecule has 2 aromatic rings. The molecule has 1 fully saturated rings. The molecule has 0 aromatic carbocycles. The highest BCUT2D eigenvalue weighted by molar-refractivity contribution is 5.74. The van der Waals surface area contributed by atoms with Gasteiger partial charge in [0, 0.05) is 37.5 Å². The van der Waals surface area contributed by atoms with Crippen LogP contribution in [0.3, 0.4) is 0 Å². The van der Waals surface area contributed by atoms with Gasteiger partial charge in [-0.3, -0.25) is 9.78 Å². The number of pyridine rings is 1. The van der Waals surface area contributed by atoms with Gasteiger partial charge in [0.15, 0.2) is 5.82 Å². The second-order valence-electron chi connectivity index (χ2n) is 7.19. The van der Waals surface area contributed by atoms with E-state index in [2.05, 4.69) is 22.9 Å². The van der Waals surface area contributed by atoms with Crippen molar-refractivity contribution in [2.24, 2.45) is 0 Å². The van der Waals surface area contributed by atoms with Gasteiger partial charge in [0.05, 0.1) is 18.3 Å².